The van der Waals surface area contributed by atoms with Crippen molar-refractivity contribution in [2.45, 2.75) is 4.90 Å². The second-order valence-electron chi connectivity index (χ2n) is 4.17. The van der Waals surface area contributed by atoms with Crippen LogP contribution >= 0.6 is 0 Å². The SMILES string of the molecule is CN(/N=C/c1ccco1)C1=NS(=O)(=O)c2ccccc21. The second kappa shape index (κ2) is 4.61. The molecule has 1 aromatic carbocycles. The van der Waals surface area contributed by atoms with Crippen LogP contribution < -0.4 is 0 Å². The molecule has 20 heavy (non-hydrogen) atoms. The molecule has 0 bridgehead atoms. The third-order valence-corrected chi connectivity index (χ3v) is 4.15. The lowest BCUT2D eigenvalue weighted by molar-refractivity contribution is 0.534. The summed E-state index contributed by atoms with van der Waals surface area (Å²) in [5.74, 6) is 0.870. The quantitative estimate of drug-likeness (QED) is 0.623. The molecule has 1 aliphatic heterocycles. The van der Waals surface area contributed by atoms with Crippen LogP contribution in [-0.4, -0.2) is 32.5 Å². The van der Waals surface area contributed by atoms with Crippen LogP contribution in [0.25, 0.3) is 0 Å². The van der Waals surface area contributed by atoms with E-state index in [0.29, 0.717) is 17.2 Å². The fourth-order valence-electron chi connectivity index (χ4n) is 1.88. The third-order valence-electron chi connectivity index (χ3n) is 2.82. The number of fused-ring (bicyclic) bond motifs is 1. The molecule has 0 unspecified atom stereocenters. The number of benzene rings is 1. The summed E-state index contributed by atoms with van der Waals surface area (Å²) in [5, 5.41) is 5.54. The lowest BCUT2D eigenvalue weighted by Crippen LogP contribution is -2.21. The van der Waals surface area contributed by atoms with Gasteiger partial charge in [-0.25, -0.2) is 5.01 Å². The normalized spacial score (nSPS) is 16.1. The minimum atomic E-state index is -3.62. The fourth-order valence-corrected chi connectivity index (χ4v) is 3.12. The summed E-state index contributed by atoms with van der Waals surface area (Å²) in [5.41, 5.74) is 0.548. The summed E-state index contributed by atoms with van der Waals surface area (Å²) >= 11 is 0. The van der Waals surface area contributed by atoms with E-state index in [1.54, 1.807) is 37.4 Å². The van der Waals surface area contributed by atoms with Gasteiger partial charge in [0.2, 0.25) is 0 Å². The highest BCUT2D eigenvalue weighted by atomic mass is 32.2. The first-order valence-corrected chi connectivity index (χ1v) is 7.27. The number of hydrogen-bond donors (Lipinski definition) is 0. The Morgan fingerprint density at radius 1 is 1.25 bits per heavy atom. The zero-order chi connectivity index (χ0) is 14.2. The van der Waals surface area contributed by atoms with Gasteiger partial charge in [0.1, 0.15) is 10.7 Å². The highest BCUT2D eigenvalue weighted by Gasteiger charge is 2.30. The average Bonchev–Trinajstić information content (AvgIpc) is 3.03. The molecule has 2 aromatic rings. The molecule has 0 saturated carbocycles. The predicted octanol–water partition coefficient (Wildman–Crippen LogP) is 1.69. The Labute approximate surface area is 116 Å². The molecule has 7 heteroatoms. The first-order chi connectivity index (χ1) is 9.58. The summed E-state index contributed by atoms with van der Waals surface area (Å²) in [6, 6.07) is 10.2. The molecule has 0 fully saturated rings. The van der Waals surface area contributed by atoms with E-state index in [1.807, 2.05) is 0 Å². The largest absolute Gasteiger partial charge is 0.463 e. The van der Waals surface area contributed by atoms with E-state index < -0.39 is 10.0 Å². The van der Waals surface area contributed by atoms with Gasteiger partial charge < -0.3 is 4.42 Å². The van der Waals surface area contributed by atoms with Crippen molar-refractivity contribution >= 4 is 22.1 Å². The molecular formula is C13H11N3O3S. The predicted molar refractivity (Wildman–Crippen MR) is 74.2 cm³/mol. The molecule has 0 amide bonds. The third kappa shape index (κ3) is 2.12. The monoisotopic (exact) mass is 289 g/mol. The first kappa shape index (κ1) is 12.6. The average molecular weight is 289 g/mol. The molecule has 0 radical (unpaired) electrons. The van der Waals surface area contributed by atoms with Crippen molar-refractivity contribution in [2.24, 2.45) is 9.50 Å². The Hall–Kier alpha value is -2.41. The summed E-state index contributed by atoms with van der Waals surface area (Å²) in [7, 11) is -1.99. The summed E-state index contributed by atoms with van der Waals surface area (Å²) in [6.45, 7) is 0. The maximum absolute atomic E-state index is 11.9. The maximum Gasteiger partial charge on any atom is 0.285 e. The van der Waals surface area contributed by atoms with E-state index in [4.69, 9.17) is 4.42 Å². The molecule has 0 saturated heterocycles. The van der Waals surface area contributed by atoms with Crippen LogP contribution in [-0.2, 0) is 10.0 Å². The highest BCUT2D eigenvalue weighted by molar-refractivity contribution is 7.90. The van der Waals surface area contributed by atoms with Crippen molar-refractivity contribution in [3.63, 3.8) is 0 Å². The Kier molecular flexibility index (Phi) is 2.90. The summed E-state index contributed by atoms with van der Waals surface area (Å²) in [4.78, 5) is 0.204. The molecule has 6 nitrogen and oxygen atoms in total. The van der Waals surface area contributed by atoms with Crippen molar-refractivity contribution < 1.29 is 12.8 Å². The molecule has 102 valence electrons. The van der Waals surface area contributed by atoms with Gasteiger partial charge in [0.25, 0.3) is 10.0 Å². The number of rotatable bonds is 2. The van der Waals surface area contributed by atoms with Crippen LogP contribution in [0.4, 0.5) is 0 Å². The lowest BCUT2D eigenvalue weighted by atomic mass is 10.2. The number of furan rings is 1. The van der Waals surface area contributed by atoms with E-state index in [-0.39, 0.29) is 4.90 Å². The van der Waals surface area contributed by atoms with Gasteiger partial charge >= 0.3 is 0 Å². The number of hydrogen-bond acceptors (Lipinski definition) is 5. The van der Waals surface area contributed by atoms with Crippen molar-refractivity contribution in [1.29, 1.82) is 0 Å². The zero-order valence-electron chi connectivity index (χ0n) is 10.6. The summed E-state index contributed by atoms with van der Waals surface area (Å²) < 4.78 is 32.7. The number of amidine groups is 1. The van der Waals surface area contributed by atoms with Gasteiger partial charge in [-0.3, -0.25) is 0 Å². The van der Waals surface area contributed by atoms with Gasteiger partial charge in [0, 0.05) is 12.6 Å². The summed E-state index contributed by atoms with van der Waals surface area (Å²) in [6.07, 6.45) is 3.03. The van der Waals surface area contributed by atoms with E-state index >= 15 is 0 Å². The van der Waals surface area contributed by atoms with Gasteiger partial charge in [-0.1, -0.05) is 12.1 Å². The van der Waals surface area contributed by atoms with Crippen molar-refractivity contribution in [2.75, 3.05) is 7.05 Å². The maximum atomic E-state index is 11.9. The fraction of sp³-hybridized carbons (Fsp3) is 0.0769. The van der Waals surface area contributed by atoms with Crippen LogP contribution in [0.5, 0.6) is 0 Å². The molecule has 1 aromatic heterocycles. The molecular weight excluding hydrogens is 278 g/mol. The minimum Gasteiger partial charge on any atom is -0.463 e. The number of sulfonamides is 1. The van der Waals surface area contributed by atoms with Gasteiger partial charge in [-0.05, 0) is 24.3 Å². The zero-order valence-corrected chi connectivity index (χ0v) is 11.4. The van der Waals surface area contributed by atoms with Gasteiger partial charge in [-0.2, -0.15) is 13.5 Å². The molecule has 0 N–H and O–H groups in total. The van der Waals surface area contributed by atoms with Gasteiger partial charge in [-0.15, -0.1) is 4.40 Å². The molecule has 0 atom stereocenters. The van der Waals surface area contributed by atoms with Crippen LogP contribution in [0.2, 0.25) is 0 Å². The van der Waals surface area contributed by atoms with Crippen LogP contribution in [0.1, 0.15) is 11.3 Å². The molecule has 2 heterocycles. The highest BCUT2D eigenvalue weighted by Crippen LogP contribution is 2.26. The second-order valence-corrected chi connectivity index (χ2v) is 5.74. The lowest BCUT2D eigenvalue weighted by Gasteiger charge is -2.11. The Balaban J connectivity index is 1.95. The van der Waals surface area contributed by atoms with Crippen LogP contribution in [0.15, 0.2) is 61.5 Å². The van der Waals surface area contributed by atoms with Crippen LogP contribution in [0, 0.1) is 0 Å². The smallest absolute Gasteiger partial charge is 0.285 e. The Morgan fingerprint density at radius 3 is 2.80 bits per heavy atom. The van der Waals surface area contributed by atoms with E-state index in [2.05, 4.69) is 9.50 Å². The molecule has 0 aliphatic carbocycles. The molecule has 1 aliphatic rings. The minimum absolute atomic E-state index is 0.204. The van der Waals surface area contributed by atoms with E-state index in [9.17, 15) is 8.42 Å². The van der Waals surface area contributed by atoms with E-state index in [1.165, 1.54) is 23.6 Å². The topological polar surface area (TPSA) is 75.2 Å². The van der Waals surface area contributed by atoms with Gasteiger partial charge in [0.05, 0.1) is 12.5 Å². The van der Waals surface area contributed by atoms with Crippen molar-refractivity contribution in [3.05, 3.63) is 54.0 Å². The number of hydrazone groups is 1. The van der Waals surface area contributed by atoms with Gasteiger partial charge in [0.15, 0.2) is 5.84 Å². The van der Waals surface area contributed by atoms with Crippen molar-refractivity contribution in [1.82, 2.24) is 5.01 Å². The molecule has 3 rings (SSSR count). The Bertz CT molecular complexity index is 792. The number of nitrogens with zero attached hydrogens (tertiary/aromatic N) is 3. The van der Waals surface area contributed by atoms with E-state index in [0.717, 1.165) is 0 Å². The van der Waals surface area contributed by atoms with Crippen LogP contribution in [0.3, 0.4) is 0 Å². The Morgan fingerprint density at radius 2 is 2.05 bits per heavy atom. The standard InChI is InChI=1S/C13H11N3O3S/c1-16(14-9-10-5-4-8-19-10)13-11-6-2-3-7-12(11)20(17,18)15-13/h2-9H,1H3/b14-9+. The van der Waals surface area contributed by atoms with Crippen molar-refractivity contribution in [3.8, 4) is 0 Å². The first-order valence-electron chi connectivity index (χ1n) is 5.83. The molecule has 0 spiro atoms.